The van der Waals surface area contributed by atoms with Crippen molar-refractivity contribution in [3.8, 4) is 0 Å². The van der Waals surface area contributed by atoms with E-state index < -0.39 is 17.8 Å². The van der Waals surface area contributed by atoms with Gasteiger partial charge in [-0.05, 0) is 43.7 Å². The topological polar surface area (TPSA) is 74.2 Å². The molecular weight excluding hydrogens is 515 g/mol. The molecule has 0 bridgehead atoms. The number of hydrogen-bond acceptors (Lipinski definition) is 7. The third-order valence-electron chi connectivity index (χ3n) is 7.24. The van der Waals surface area contributed by atoms with Gasteiger partial charge in [0.25, 0.3) is 0 Å². The number of fused-ring (bicyclic) bond motifs is 1. The van der Waals surface area contributed by atoms with Gasteiger partial charge in [0.15, 0.2) is 5.17 Å². The molecule has 2 aromatic carbocycles. The number of ether oxygens (including phenoxy) is 1. The molecule has 3 aliphatic heterocycles. The normalized spacial score (nSPS) is 19.9. The zero-order valence-electron chi connectivity index (χ0n) is 22.2. The number of carbonyl (C=O) groups excluding carboxylic acids is 2. The molecule has 1 amide bonds. The van der Waals surface area contributed by atoms with Gasteiger partial charge in [-0.2, -0.15) is 0 Å². The van der Waals surface area contributed by atoms with Crippen LogP contribution in [0.1, 0.15) is 50.3 Å². The summed E-state index contributed by atoms with van der Waals surface area (Å²) in [6, 6.07) is 16.1. The number of likely N-dealkylation sites (tertiary alicyclic amines) is 1. The number of piperidine rings is 1. The van der Waals surface area contributed by atoms with Crippen molar-refractivity contribution < 1.29 is 18.7 Å². The number of nitrogens with one attached hydrogen (secondary N) is 1. The molecule has 2 aromatic rings. The number of benzene rings is 2. The molecule has 0 unspecified atom stereocenters. The number of amidine groups is 1. The predicted octanol–water partition coefficient (Wildman–Crippen LogP) is 5.13. The van der Waals surface area contributed by atoms with Crippen molar-refractivity contribution in [2.45, 2.75) is 51.7 Å². The minimum Gasteiger partial charge on any atom is -0.463 e. The molecule has 1 N–H and O–H groups in total. The summed E-state index contributed by atoms with van der Waals surface area (Å²) in [5.74, 6) is -1.06. The molecule has 0 radical (unpaired) electrons. The zero-order chi connectivity index (χ0) is 27.4. The highest BCUT2D eigenvalue weighted by Gasteiger charge is 2.42. The Morgan fingerprint density at radius 1 is 1.10 bits per heavy atom. The minimum atomic E-state index is -0.770. The second-order valence-corrected chi connectivity index (χ2v) is 10.8. The molecule has 1 saturated heterocycles. The molecule has 1 atom stereocenters. The zero-order valence-corrected chi connectivity index (χ0v) is 23.0. The number of rotatable bonds is 8. The van der Waals surface area contributed by atoms with Gasteiger partial charge in [0, 0.05) is 36.9 Å². The van der Waals surface area contributed by atoms with Crippen LogP contribution >= 0.6 is 11.8 Å². The number of thioether (sulfide) groups is 1. The van der Waals surface area contributed by atoms with E-state index >= 15 is 4.39 Å². The van der Waals surface area contributed by atoms with Crippen molar-refractivity contribution in [3.63, 3.8) is 0 Å². The lowest BCUT2D eigenvalue weighted by Crippen LogP contribution is -2.45. The van der Waals surface area contributed by atoms with Crippen molar-refractivity contribution in [2.24, 2.45) is 4.99 Å². The van der Waals surface area contributed by atoms with Gasteiger partial charge in [-0.15, -0.1) is 0 Å². The van der Waals surface area contributed by atoms with Crippen LogP contribution in [0.2, 0.25) is 0 Å². The van der Waals surface area contributed by atoms with Crippen molar-refractivity contribution in [2.75, 3.05) is 19.7 Å². The monoisotopic (exact) mass is 548 g/mol. The number of nitrogens with zero attached hydrogens (tertiary/aromatic N) is 3. The fraction of sp³-hybridized carbons (Fsp3) is 0.367. The first-order valence-electron chi connectivity index (χ1n) is 13.4. The van der Waals surface area contributed by atoms with Crippen LogP contribution in [0.25, 0.3) is 0 Å². The average Bonchev–Trinajstić information content (AvgIpc) is 3.31. The summed E-state index contributed by atoms with van der Waals surface area (Å²) in [4.78, 5) is 35.0. The first-order valence-corrected chi connectivity index (χ1v) is 14.2. The summed E-state index contributed by atoms with van der Waals surface area (Å²) in [7, 11) is 0. The molecule has 3 aliphatic rings. The quantitative estimate of drug-likeness (QED) is 0.461. The Labute approximate surface area is 232 Å². The van der Waals surface area contributed by atoms with E-state index in [4.69, 9.17) is 4.74 Å². The van der Waals surface area contributed by atoms with Gasteiger partial charge in [-0.25, -0.2) is 14.2 Å². The van der Waals surface area contributed by atoms with Crippen LogP contribution in [0.3, 0.4) is 0 Å². The number of carbonyl (C=O) groups is 2. The number of halogens is 1. The van der Waals surface area contributed by atoms with Gasteiger partial charge < -0.3 is 15.0 Å². The molecule has 3 heterocycles. The van der Waals surface area contributed by atoms with E-state index in [9.17, 15) is 9.59 Å². The van der Waals surface area contributed by atoms with Crippen LogP contribution in [0.4, 0.5) is 4.39 Å². The fourth-order valence-electron chi connectivity index (χ4n) is 5.35. The summed E-state index contributed by atoms with van der Waals surface area (Å²) in [5.41, 5.74) is 3.08. The lowest BCUT2D eigenvalue weighted by Gasteiger charge is -2.36. The number of amides is 1. The van der Waals surface area contributed by atoms with Gasteiger partial charge >= 0.3 is 5.97 Å². The Morgan fingerprint density at radius 3 is 2.54 bits per heavy atom. The maximum atomic E-state index is 15.1. The molecule has 0 spiro atoms. The van der Waals surface area contributed by atoms with Gasteiger partial charge in [-0.1, -0.05) is 60.3 Å². The Kier molecular flexibility index (Phi) is 8.47. The van der Waals surface area contributed by atoms with Crippen LogP contribution in [-0.2, 0) is 20.9 Å². The molecule has 39 heavy (non-hydrogen) atoms. The minimum absolute atomic E-state index is 0.0964. The lowest BCUT2D eigenvalue weighted by molar-refractivity contribution is -0.139. The molecule has 1 fully saturated rings. The van der Waals surface area contributed by atoms with E-state index in [0.717, 1.165) is 32.5 Å². The Balaban J connectivity index is 1.27. The third kappa shape index (κ3) is 6.09. The molecule has 5 rings (SSSR count). The summed E-state index contributed by atoms with van der Waals surface area (Å²) >= 11 is 1.38. The van der Waals surface area contributed by atoms with E-state index in [0.29, 0.717) is 22.1 Å². The Hall–Kier alpha value is -3.43. The number of allylic oxidation sites excluding steroid dienone is 1. The smallest absolute Gasteiger partial charge is 0.338 e. The second kappa shape index (κ2) is 12.2. The highest BCUT2D eigenvalue weighted by molar-refractivity contribution is 8.16. The van der Waals surface area contributed by atoms with Gasteiger partial charge in [0.1, 0.15) is 5.82 Å². The summed E-state index contributed by atoms with van der Waals surface area (Å²) in [6.07, 6.45) is 1.88. The highest BCUT2D eigenvalue weighted by Crippen LogP contribution is 2.45. The van der Waals surface area contributed by atoms with Crippen molar-refractivity contribution in [1.82, 2.24) is 15.1 Å². The first-order chi connectivity index (χ1) is 18.9. The number of hydrogen-bond donors (Lipinski definition) is 1. The molecule has 7 nitrogen and oxygen atoms in total. The van der Waals surface area contributed by atoms with Crippen molar-refractivity contribution in [3.05, 3.63) is 93.9 Å². The maximum Gasteiger partial charge on any atom is 0.338 e. The van der Waals surface area contributed by atoms with E-state index in [1.165, 1.54) is 23.4 Å². The lowest BCUT2D eigenvalue weighted by atomic mass is 9.93. The maximum absolute atomic E-state index is 15.1. The summed E-state index contributed by atoms with van der Waals surface area (Å²) in [6.45, 7) is 6.42. The standard InChI is InChI=1S/C30H33FN4O3S/c1-3-38-29(37)27-20(2)32-30-35(28(27)24-11-7-8-12-25(24)31)23(19-39-30)17-26(36)33-22-13-15-34(16-14-22)18-21-9-5-4-6-10-21/h4-12,19,22,28H,3,13-18H2,1-2H3,(H,33,36)/t28-/m1/s1. The number of aliphatic imine (C=N–C) groups is 1. The van der Waals surface area contributed by atoms with Crippen LogP contribution in [0.5, 0.6) is 0 Å². The van der Waals surface area contributed by atoms with Gasteiger partial charge in [0.2, 0.25) is 5.91 Å². The summed E-state index contributed by atoms with van der Waals surface area (Å²) < 4.78 is 20.4. The van der Waals surface area contributed by atoms with E-state index in [-0.39, 0.29) is 30.5 Å². The van der Waals surface area contributed by atoms with Crippen molar-refractivity contribution >= 4 is 28.8 Å². The molecule has 0 saturated carbocycles. The van der Waals surface area contributed by atoms with Crippen LogP contribution < -0.4 is 5.32 Å². The van der Waals surface area contributed by atoms with E-state index in [1.54, 1.807) is 32.0 Å². The van der Waals surface area contributed by atoms with Crippen molar-refractivity contribution in [1.29, 1.82) is 0 Å². The average molecular weight is 549 g/mol. The molecule has 9 heteroatoms. The highest BCUT2D eigenvalue weighted by atomic mass is 32.2. The van der Waals surface area contributed by atoms with Gasteiger partial charge in [-0.3, -0.25) is 9.69 Å². The first kappa shape index (κ1) is 27.1. The summed E-state index contributed by atoms with van der Waals surface area (Å²) in [5, 5.41) is 5.68. The molecule has 0 aliphatic carbocycles. The van der Waals surface area contributed by atoms with Gasteiger partial charge in [0.05, 0.1) is 30.3 Å². The fourth-order valence-corrected chi connectivity index (χ4v) is 6.32. The van der Waals surface area contributed by atoms with Crippen LogP contribution in [0, 0.1) is 5.82 Å². The number of esters is 1. The van der Waals surface area contributed by atoms with E-state index in [2.05, 4.69) is 39.5 Å². The molecular formula is C30H33FN4O3S. The Bertz CT molecular complexity index is 1320. The molecule has 0 aromatic heterocycles. The second-order valence-electron chi connectivity index (χ2n) is 9.92. The molecule has 204 valence electrons. The SMILES string of the molecule is CCOC(=O)C1=C(C)N=C2SC=C(CC(=O)NC3CCN(Cc4ccccc4)CC3)N2[C@@H]1c1ccccc1F. The Morgan fingerprint density at radius 2 is 1.82 bits per heavy atom. The van der Waals surface area contributed by atoms with Crippen LogP contribution in [0.15, 0.2) is 82.0 Å². The largest absolute Gasteiger partial charge is 0.463 e. The van der Waals surface area contributed by atoms with E-state index in [1.807, 2.05) is 16.4 Å². The third-order valence-corrected chi connectivity index (χ3v) is 8.13. The predicted molar refractivity (Wildman–Crippen MR) is 151 cm³/mol. The van der Waals surface area contributed by atoms with Crippen LogP contribution in [-0.4, -0.2) is 52.6 Å².